The minimum atomic E-state index is -0.0951. The number of amides is 1. The van der Waals surface area contributed by atoms with E-state index in [0.29, 0.717) is 18.5 Å². The van der Waals surface area contributed by atoms with Gasteiger partial charge in [-0.2, -0.15) is 5.10 Å². The normalized spacial score (nSPS) is 15.7. The van der Waals surface area contributed by atoms with Crippen LogP contribution in [0.2, 0.25) is 0 Å². The van der Waals surface area contributed by atoms with E-state index in [4.69, 9.17) is 0 Å². The number of anilines is 1. The standard InChI is InChI=1S/C15H20N4O2S/c1-10-9-22-15(21)18(10)8-6-14(20)17-13-5-7-16-19(13)11(2)12-3-4-12/h5,7,9,11-12H,3-4,6,8H2,1-2H3,(H,17,20). The average Bonchev–Trinajstić information content (AvgIpc) is 3.16. The highest BCUT2D eigenvalue weighted by Gasteiger charge is 2.30. The van der Waals surface area contributed by atoms with Gasteiger partial charge in [0, 0.05) is 30.1 Å². The molecule has 0 aliphatic heterocycles. The first kappa shape index (κ1) is 15.0. The Kier molecular flexibility index (Phi) is 4.15. The van der Waals surface area contributed by atoms with Crippen LogP contribution in [0.15, 0.2) is 22.4 Å². The van der Waals surface area contributed by atoms with Gasteiger partial charge in [-0.3, -0.25) is 9.59 Å². The van der Waals surface area contributed by atoms with Gasteiger partial charge in [-0.25, -0.2) is 4.68 Å². The number of nitrogens with one attached hydrogen (secondary N) is 1. The van der Waals surface area contributed by atoms with Crippen LogP contribution in [0.5, 0.6) is 0 Å². The van der Waals surface area contributed by atoms with Gasteiger partial charge in [-0.1, -0.05) is 11.3 Å². The largest absolute Gasteiger partial charge is 0.311 e. The molecule has 2 aromatic heterocycles. The average molecular weight is 320 g/mol. The van der Waals surface area contributed by atoms with Crippen molar-refractivity contribution in [2.75, 3.05) is 5.32 Å². The molecule has 1 aliphatic rings. The van der Waals surface area contributed by atoms with E-state index in [1.807, 2.05) is 23.1 Å². The highest BCUT2D eigenvalue weighted by atomic mass is 32.1. The topological polar surface area (TPSA) is 68.9 Å². The first-order valence-corrected chi connectivity index (χ1v) is 8.42. The smallest absolute Gasteiger partial charge is 0.307 e. The highest BCUT2D eigenvalue weighted by Crippen LogP contribution is 2.40. The summed E-state index contributed by atoms with van der Waals surface area (Å²) in [6, 6.07) is 2.13. The van der Waals surface area contributed by atoms with Gasteiger partial charge in [0.05, 0.1) is 12.2 Å². The molecular weight excluding hydrogens is 300 g/mol. The first-order chi connectivity index (χ1) is 10.6. The van der Waals surface area contributed by atoms with Crippen molar-refractivity contribution < 1.29 is 4.79 Å². The van der Waals surface area contributed by atoms with Crippen LogP contribution in [-0.4, -0.2) is 20.3 Å². The van der Waals surface area contributed by atoms with Crippen LogP contribution >= 0.6 is 11.3 Å². The summed E-state index contributed by atoms with van der Waals surface area (Å²) in [5.74, 6) is 1.31. The minimum Gasteiger partial charge on any atom is -0.311 e. The quantitative estimate of drug-likeness (QED) is 0.888. The molecule has 7 heteroatoms. The van der Waals surface area contributed by atoms with Crippen molar-refractivity contribution in [3.63, 3.8) is 0 Å². The summed E-state index contributed by atoms with van der Waals surface area (Å²) < 4.78 is 3.52. The molecule has 6 nitrogen and oxygen atoms in total. The number of rotatable bonds is 6. The van der Waals surface area contributed by atoms with Crippen LogP contribution in [0.3, 0.4) is 0 Å². The van der Waals surface area contributed by atoms with Crippen LogP contribution < -0.4 is 10.2 Å². The summed E-state index contributed by atoms with van der Waals surface area (Å²) in [5, 5.41) is 9.03. The Morgan fingerprint density at radius 2 is 2.32 bits per heavy atom. The summed E-state index contributed by atoms with van der Waals surface area (Å²) in [4.78, 5) is 23.7. The molecule has 22 heavy (non-hydrogen) atoms. The molecule has 1 fully saturated rings. The van der Waals surface area contributed by atoms with Crippen molar-refractivity contribution in [3.05, 3.63) is 33.0 Å². The van der Waals surface area contributed by atoms with Gasteiger partial charge in [-0.15, -0.1) is 0 Å². The van der Waals surface area contributed by atoms with E-state index in [2.05, 4.69) is 17.3 Å². The van der Waals surface area contributed by atoms with Crippen molar-refractivity contribution in [2.24, 2.45) is 5.92 Å². The zero-order chi connectivity index (χ0) is 15.7. The summed E-state index contributed by atoms with van der Waals surface area (Å²) >= 11 is 1.17. The summed E-state index contributed by atoms with van der Waals surface area (Å²) in [6.45, 7) is 4.42. The van der Waals surface area contributed by atoms with E-state index in [1.165, 1.54) is 24.2 Å². The summed E-state index contributed by atoms with van der Waals surface area (Å²) in [5.41, 5.74) is 0.898. The maximum Gasteiger partial charge on any atom is 0.307 e. The van der Waals surface area contributed by atoms with Gasteiger partial charge in [0.25, 0.3) is 0 Å². The molecule has 0 spiro atoms. The summed E-state index contributed by atoms with van der Waals surface area (Å²) in [7, 11) is 0. The Balaban J connectivity index is 1.60. The molecule has 3 rings (SSSR count). The molecular formula is C15H20N4O2S. The number of thiazole rings is 1. The molecule has 1 unspecified atom stereocenters. The number of nitrogens with zero attached hydrogens (tertiary/aromatic N) is 3. The summed E-state index contributed by atoms with van der Waals surface area (Å²) in [6.07, 6.45) is 4.45. The minimum absolute atomic E-state index is 0.0160. The lowest BCUT2D eigenvalue weighted by Crippen LogP contribution is -2.22. The third kappa shape index (κ3) is 3.14. The maximum absolute atomic E-state index is 12.1. The van der Waals surface area contributed by atoms with Gasteiger partial charge < -0.3 is 9.88 Å². The second kappa shape index (κ2) is 6.08. The van der Waals surface area contributed by atoms with Crippen molar-refractivity contribution in [1.82, 2.24) is 14.3 Å². The van der Waals surface area contributed by atoms with Gasteiger partial charge in [0.1, 0.15) is 5.82 Å². The Bertz CT molecular complexity index is 726. The molecule has 0 radical (unpaired) electrons. The number of hydrogen-bond donors (Lipinski definition) is 1. The Hall–Kier alpha value is -1.89. The predicted octanol–water partition coefficient (Wildman–Crippen LogP) is 2.41. The monoisotopic (exact) mass is 320 g/mol. The first-order valence-electron chi connectivity index (χ1n) is 7.54. The SMILES string of the molecule is Cc1csc(=O)n1CCC(=O)Nc1ccnn1C(C)C1CC1. The van der Waals surface area contributed by atoms with Crippen LogP contribution in [-0.2, 0) is 11.3 Å². The van der Waals surface area contributed by atoms with Gasteiger partial charge >= 0.3 is 4.87 Å². The molecule has 0 aromatic carbocycles. The lowest BCUT2D eigenvalue weighted by atomic mass is 10.2. The fourth-order valence-corrected chi connectivity index (χ4v) is 3.37. The second-order valence-electron chi connectivity index (χ2n) is 5.83. The molecule has 1 aliphatic carbocycles. The van der Waals surface area contributed by atoms with E-state index in [9.17, 15) is 9.59 Å². The Morgan fingerprint density at radius 3 is 2.95 bits per heavy atom. The van der Waals surface area contributed by atoms with Gasteiger partial charge in [-0.05, 0) is 32.6 Å². The Labute approximate surface area is 132 Å². The fourth-order valence-electron chi connectivity index (χ4n) is 2.61. The van der Waals surface area contributed by atoms with Crippen molar-refractivity contribution >= 4 is 23.1 Å². The molecule has 2 aromatic rings. The number of carbonyl (C=O) groups excluding carboxylic acids is 1. The molecule has 0 saturated heterocycles. The predicted molar refractivity (Wildman–Crippen MR) is 86.2 cm³/mol. The molecule has 1 N–H and O–H groups in total. The molecule has 1 saturated carbocycles. The van der Waals surface area contributed by atoms with Gasteiger partial charge in [0.2, 0.25) is 5.91 Å². The van der Waals surface area contributed by atoms with E-state index >= 15 is 0 Å². The molecule has 118 valence electrons. The lowest BCUT2D eigenvalue weighted by molar-refractivity contribution is -0.116. The maximum atomic E-state index is 12.1. The van der Waals surface area contributed by atoms with Crippen molar-refractivity contribution in [3.8, 4) is 0 Å². The third-order valence-electron chi connectivity index (χ3n) is 4.17. The van der Waals surface area contributed by atoms with Crippen LogP contribution in [0, 0.1) is 12.8 Å². The van der Waals surface area contributed by atoms with Gasteiger partial charge in [0.15, 0.2) is 0 Å². The van der Waals surface area contributed by atoms with Crippen molar-refractivity contribution in [2.45, 2.75) is 45.7 Å². The third-order valence-corrected chi connectivity index (χ3v) is 5.05. The number of aromatic nitrogens is 3. The van der Waals surface area contributed by atoms with Crippen molar-refractivity contribution in [1.29, 1.82) is 0 Å². The number of hydrogen-bond acceptors (Lipinski definition) is 4. The van der Waals surface area contributed by atoms with Crippen LogP contribution in [0.4, 0.5) is 5.82 Å². The molecule has 1 amide bonds. The number of carbonyl (C=O) groups is 1. The molecule has 1 atom stereocenters. The highest BCUT2D eigenvalue weighted by molar-refractivity contribution is 7.07. The van der Waals surface area contributed by atoms with Crippen LogP contribution in [0.1, 0.15) is 37.9 Å². The van der Waals surface area contributed by atoms with Crippen LogP contribution in [0.25, 0.3) is 0 Å². The Morgan fingerprint density at radius 1 is 1.55 bits per heavy atom. The zero-order valence-electron chi connectivity index (χ0n) is 12.8. The van der Waals surface area contributed by atoms with E-state index in [1.54, 1.807) is 10.8 Å². The van der Waals surface area contributed by atoms with E-state index in [0.717, 1.165) is 11.5 Å². The number of aryl methyl sites for hydroxylation is 1. The van der Waals surface area contributed by atoms with E-state index in [-0.39, 0.29) is 17.2 Å². The lowest BCUT2D eigenvalue weighted by Gasteiger charge is -2.15. The second-order valence-corrected chi connectivity index (χ2v) is 6.65. The molecule has 0 bridgehead atoms. The zero-order valence-corrected chi connectivity index (χ0v) is 13.6. The fraction of sp³-hybridized carbons (Fsp3) is 0.533. The molecule has 2 heterocycles. The van der Waals surface area contributed by atoms with E-state index < -0.39 is 0 Å².